The molecular weight excluding hydrogens is 441 g/mol. The van der Waals surface area contributed by atoms with E-state index in [0.29, 0.717) is 24.0 Å². The Morgan fingerprint density at radius 3 is 2.67 bits per heavy atom. The Morgan fingerprint density at radius 1 is 1.24 bits per heavy atom. The lowest BCUT2D eigenvalue weighted by atomic mass is 10.2. The summed E-state index contributed by atoms with van der Waals surface area (Å²) in [4.78, 5) is 28.0. The quantitative estimate of drug-likeness (QED) is 0.471. The number of rotatable bonds is 8. The molecule has 2 heterocycles. The second-order valence-electron chi connectivity index (χ2n) is 7.40. The van der Waals surface area contributed by atoms with Gasteiger partial charge >= 0.3 is 6.18 Å². The van der Waals surface area contributed by atoms with E-state index in [1.165, 1.54) is 10.7 Å². The summed E-state index contributed by atoms with van der Waals surface area (Å²) in [6, 6.07) is 6.23. The highest BCUT2D eigenvalue weighted by molar-refractivity contribution is 6.05. The van der Waals surface area contributed by atoms with Crippen LogP contribution >= 0.6 is 0 Å². The maximum Gasteiger partial charge on any atom is 0.433 e. The third kappa shape index (κ3) is 6.19. The molecule has 0 unspecified atom stereocenters. The molecule has 3 aromatic rings. The smallest absolute Gasteiger partial charge is 0.433 e. The first-order valence-electron chi connectivity index (χ1n) is 10.1. The van der Waals surface area contributed by atoms with Crippen LogP contribution in [0.25, 0.3) is 10.9 Å². The number of carbonyl (C=O) groups excluding carboxylic acids is 2. The number of fused-ring (bicyclic) bond motifs is 1. The number of benzene rings is 1. The predicted octanol–water partition coefficient (Wildman–Crippen LogP) is 2.56. The highest BCUT2D eigenvalue weighted by Gasteiger charge is 2.33. The molecule has 0 bridgehead atoms. The van der Waals surface area contributed by atoms with E-state index in [2.05, 4.69) is 20.7 Å². The molecule has 9 nitrogen and oxygen atoms in total. The van der Waals surface area contributed by atoms with E-state index in [0.717, 1.165) is 12.1 Å². The third-order valence-corrected chi connectivity index (χ3v) is 4.31. The maximum atomic E-state index is 12.9. The van der Waals surface area contributed by atoms with Gasteiger partial charge in [-0.15, -0.1) is 0 Å². The molecule has 4 N–H and O–H groups in total. The molecule has 0 spiro atoms. The van der Waals surface area contributed by atoms with Crippen LogP contribution in [0.2, 0.25) is 0 Å². The first-order chi connectivity index (χ1) is 15.6. The highest BCUT2D eigenvalue weighted by Crippen LogP contribution is 2.32. The second kappa shape index (κ2) is 9.86. The summed E-state index contributed by atoms with van der Waals surface area (Å²) < 4.78 is 46.0. The number of carbonyl (C=O) groups is 2. The van der Waals surface area contributed by atoms with Crippen molar-refractivity contribution in [2.45, 2.75) is 32.7 Å². The van der Waals surface area contributed by atoms with Gasteiger partial charge in [0.2, 0.25) is 5.91 Å². The molecule has 2 amide bonds. The number of aromatic nitrogens is 3. The van der Waals surface area contributed by atoms with Crippen molar-refractivity contribution in [3.05, 3.63) is 47.9 Å². The lowest BCUT2D eigenvalue weighted by Gasteiger charge is -2.15. The van der Waals surface area contributed by atoms with Crippen LogP contribution in [0, 0.1) is 0 Å². The van der Waals surface area contributed by atoms with Crippen LogP contribution < -0.4 is 21.1 Å². The number of pyridine rings is 1. The molecule has 3 rings (SSSR count). The van der Waals surface area contributed by atoms with E-state index in [1.54, 1.807) is 32.2 Å². The molecule has 0 aliphatic carbocycles. The number of anilines is 1. The lowest BCUT2D eigenvalue weighted by Crippen LogP contribution is -2.31. The molecule has 0 aliphatic rings. The lowest BCUT2D eigenvalue weighted by molar-refractivity contribution is -0.141. The molecule has 12 heteroatoms. The number of alkyl halides is 3. The van der Waals surface area contributed by atoms with Gasteiger partial charge in [-0.2, -0.15) is 18.3 Å². The fourth-order valence-electron chi connectivity index (χ4n) is 2.95. The van der Waals surface area contributed by atoms with E-state index >= 15 is 0 Å². The van der Waals surface area contributed by atoms with Gasteiger partial charge in [0.25, 0.3) is 5.91 Å². The monoisotopic (exact) mass is 464 g/mol. The van der Waals surface area contributed by atoms with Crippen LogP contribution in [0.15, 0.2) is 36.5 Å². The van der Waals surface area contributed by atoms with Crippen molar-refractivity contribution in [1.29, 1.82) is 0 Å². The van der Waals surface area contributed by atoms with Crippen molar-refractivity contribution in [3.8, 4) is 5.75 Å². The molecule has 176 valence electrons. The first kappa shape index (κ1) is 24.0. The highest BCUT2D eigenvalue weighted by atomic mass is 19.4. The van der Waals surface area contributed by atoms with Gasteiger partial charge in [-0.1, -0.05) is 6.07 Å². The number of nitrogens with zero attached hydrogens (tertiary/aromatic N) is 3. The summed E-state index contributed by atoms with van der Waals surface area (Å²) in [7, 11) is 0. The molecule has 0 aliphatic heterocycles. The van der Waals surface area contributed by atoms with Crippen LogP contribution in [0.1, 0.15) is 30.0 Å². The van der Waals surface area contributed by atoms with E-state index in [9.17, 15) is 22.8 Å². The minimum atomic E-state index is -4.67. The molecule has 0 saturated carbocycles. The molecule has 2 aromatic heterocycles. The largest absolute Gasteiger partial charge is 0.489 e. The number of amides is 2. The zero-order chi connectivity index (χ0) is 24.2. The second-order valence-corrected chi connectivity index (χ2v) is 7.40. The number of hydrogen-bond donors (Lipinski definition) is 3. The van der Waals surface area contributed by atoms with Crippen LogP contribution in [0.3, 0.4) is 0 Å². The Bertz CT molecular complexity index is 1160. The van der Waals surface area contributed by atoms with Gasteiger partial charge in [0.05, 0.1) is 17.3 Å². The summed E-state index contributed by atoms with van der Waals surface area (Å²) in [5, 5.41) is 10.1. The van der Waals surface area contributed by atoms with Crippen LogP contribution in [0.5, 0.6) is 5.75 Å². The van der Waals surface area contributed by atoms with E-state index in [-0.39, 0.29) is 30.0 Å². The minimum Gasteiger partial charge on any atom is -0.489 e. The van der Waals surface area contributed by atoms with Gasteiger partial charge in [0, 0.05) is 30.7 Å². The molecular formula is C21H23F3N6O3. The Hall–Kier alpha value is -3.67. The molecule has 0 atom stereocenters. The molecule has 0 fully saturated rings. The number of nitrogens with two attached hydrogens (primary N) is 1. The number of ether oxygens (including phenoxy) is 1. The molecule has 0 saturated heterocycles. The van der Waals surface area contributed by atoms with Crippen molar-refractivity contribution in [1.82, 2.24) is 20.1 Å². The zero-order valence-corrected chi connectivity index (χ0v) is 17.9. The first-order valence-corrected chi connectivity index (χ1v) is 10.1. The van der Waals surface area contributed by atoms with Crippen molar-refractivity contribution in [2.75, 3.05) is 18.4 Å². The van der Waals surface area contributed by atoms with E-state index in [4.69, 9.17) is 10.5 Å². The van der Waals surface area contributed by atoms with E-state index < -0.39 is 23.5 Å². The van der Waals surface area contributed by atoms with Gasteiger partial charge in [0.15, 0.2) is 0 Å². The average Bonchev–Trinajstić information content (AvgIpc) is 3.12. The van der Waals surface area contributed by atoms with E-state index in [1.807, 2.05) is 0 Å². The summed E-state index contributed by atoms with van der Waals surface area (Å²) in [6.45, 7) is 4.18. The Kier molecular flexibility index (Phi) is 7.16. The van der Waals surface area contributed by atoms with Gasteiger partial charge in [-0.3, -0.25) is 14.3 Å². The number of nitrogens with one attached hydrogen (secondary N) is 2. The van der Waals surface area contributed by atoms with Gasteiger partial charge in [0.1, 0.15) is 23.7 Å². The summed E-state index contributed by atoms with van der Waals surface area (Å²) in [5.74, 6) is -0.825. The Balaban J connectivity index is 1.90. The number of hydrogen-bond acceptors (Lipinski definition) is 6. The van der Waals surface area contributed by atoms with Crippen molar-refractivity contribution in [3.63, 3.8) is 0 Å². The summed E-state index contributed by atoms with van der Waals surface area (Å²) in [6.07, 6.45) is -3.32. The molecule has 33 heavy (non-hydrogen) atoms. The van der Waals surface area contributed by atoms with Gasteiger partial charge in [-0.05, 0) is 32.0 Å². The fourth-order valence-corrected chi connectivity index (χ4v) is 2.95. The average molecular weight is 464 g/mol. The number of halogens is 3. The van der Waals surface area contributed by atoms with Crippen LogP contribution in [-0.2, 0) is 17.5 Å². The summed E-state index contributed by atoms with van der Waals surface area (Å²) >= 11 is 0. The maximum absolute atomic E-state index is 12.9. The van der Waals surface area contributed by atoms with Crippen molar-refractivity contribution in [2.24, 2.45) is 5.73 Å². The Morgan fingerprint density at radius 2 is 2.00 bits per heavy atom. The normalized spacial score (nSPS) is 11.6. The zero-order valence-electron chi connectivity index (χ0n) is 17.9. The van der Waals surface area contributed by atoms with Crippen LogP contribution in [0.4, 0.5) is 18.9 Å². The SMILES string of the molecule is CC(C)Oc1cc2nn(CC(=O)NCCN)cc2cc1NC(=O)c1cccc(C(F)(F)F)n1. The fraction of sp³-hybridized carbons (Fsp3) is 0.333. The van der Waals surface area contributed by atoms with Crippen molar-refractivity contribution < 1.29 is 27.5 Å². The summed E-state index contributed by atoms with van der Waals surface area (Å²) in [5.41, 5.74) is 4.54. The minimum absolute atomic E-state index is 0.0368. The third-order valence-electron chi connectivity index (χ3n) is 4.31. The van der Waals surface area contributed by atoms with Gasteiger partial charge in [-0.25, -0.2) is 4.98 Å². The Labute approximate surface area is 187 Å². The standard InChI is InChI=1S/C21H23F3N6O3/c1-12(2)33-17-9-15-13(10-30(29-15)11-19(31)26-7-6-25)8-16(17)28-20(32)14-4-3-5-18(27-14)21(22,23)24/h3-5,8-10,12H,6-7,11,25H2,1-2H3,(H,26,31)(H,28,32). The van der Waals surface area contributed by atoms with Crippen LogP contribution in [-0.4, -0.2) is 45.8 Å². The topological polar surface area (TPSA) is 124 Å². The predicted molar refractivity (Wildman–Crippen MR) is 115 cm³/mol. The van der Waals surface area contributed by atoms with Crippen molar-refractivity contribution >= 4 is 28.4 Å². The molecule has 0 radical (unpaired) electrons. The van der Waals surface area contributed by atoms with Gasteiger partial charge < -0.3 is 21.1 Å². The molecule has 1 aromatic carbocycles.